The summed E-state index contributed by atoms with van der Waals surface area (Å²) in [5, 5.41) is 21.8. The van der Waals surface area contributed by atoms with Crippen LogP contribution in [0, 0.1) is 17.3 Å². The smallest absolute Gasteiger partial charge is 0.253 e. The van der Waals surface area contributed by atoms with Gasteiger partial charge in [-0.25, -0.2) is 0 Å². The van der Waals surface area contributed by atoms with E-state index in [9.17, 15) is 15.0 Å². The number of fused-ring (bicyclic) bond motifs is 2. The van der Waals surface area contributed by atoms with Gasteiger partial charge in [-0.15, -0.1) is 0 Å². The van der Waals surface area contributed by atoms with E-state index in [1.165, 1.54) is 5.56 Å². The van der Waals surface area contributed by atoms with Gasteiger partial charge in [0.15, 0.2) is 0 Å². The second kappa shape index (κ2) is 9.81. The first-order valence-corrected chi connectivity index (χ1v) is 13.4. The maximum absolute atomic E-state index is 13.1. The van der Waals surface area contributed by atoms with Crippen molar-refractivity contribution in [3.63, 3.8) is 0 Å². The van der Waals surface area contributed by atoms with Crippen LogP contribution in [0.1, 0.15) is 73.4 Å². The molecule has 1 heterocycles. The number of piperidine rings is 1. The number of hydrogen-bond acceptors (Lipinski definition) is 5. The van der Waals surface area contributed by atoms with Crippen molar-refractivity contribution in [2.45, 2.75) is 70.1 Å². The molecule has 2 bridgehead atoms. The van der Waals surface area contributed by atoms with Gasteiger partial charge in [-0.1, -0.05) is 38.1 Å². The van der Waals surface area contributed by atoms with Crippen LogP contribution in [-0.4, -0.2) is 52.4 Å². The maximum atomic E-state index is 13.1. The highest BCUT2D eigenvalue weighted by atomic mass is 16.5. The summed E-state index contributed by atoms with van der Waals surface area (Å²) in [7, 11) is 0. The van der Waals surface area contributed by atoms with E-state index in [-0.39, 0.29) is 17.2 Å². The number of likely N-dealkylation sites (tertiary alicyclic amines) is 1. The van der Waals surface area contributed by atoms with Gasteiger partial charge in [-0.3, -0.25) is 4.79 Å². The van der Waals surface area contributed by atoms with Gasteiger partial charge in [0.2, 0.25) is 0 Å². The lowest BCUT2D eigenvalue weighted by Gasteiger charge is -2.65. The van der Waals surface area contributed by atoms with Crippen LogP contribution in [0.5, 0.6) is 5.75 Å². The number of aliphatic hydroxyl groups is 2. The molecule has 0 aromatic heterocycles. The van der Waals surface area contributed by atoms with Crippen molar-refractivity contribution < 1.29 is 19.7 Å². The first-order chi connectivity index (χ1) is 17.2. The van der Waals surface area contributed by atoms with Gasteiger partial charge in [0.05, 0.1) is 18.3 Å². The molecule has 3 saturated carbocycles. The molecule has 3 aliphatic carbocycles. The Labute approximate surface area is 214 Å². The lowest BCUT2D eigenvalue weighted by molar-refractivity contribution is -0.257. The van der Waals surface area contributed by atoms with Gasteiger partial charge in [-0.05, 0) is 84.2 Å². The topological polar surface area (TPSA) is 96.0 Å². The number of carbonyl (C=O) groups is 1. The fourth-order valence-electron chi connectivity index (χ4n) is 6.91. The van der Waals surface area contributed by atoms with Crippen LogP contribution in [-0.2, 0) is 6.54 Å². The van der Waals surface area contributed by atoms with Gasteiger partial charge in [0.25, 0.3) is 5.91 Å². The zero-order valence-corrected chi connectivity index (χ0v) is 21.5. The van der Waals surface area contributed by atoms with E-state index in [0.717, 1.165) is 37.9 Å². The largest absolute Gasteiger partial charge is 0.493 e. The van der Waals surface area contributed by atoms with Gasteiger partial charge in [0, 0.05) is 31.6 Å². The molecule has 4 fully saturated rings. The lowest BCUT2D eigenvalue weighted by atomic mass is 9.43. The summed E-state index contributed by atoms with van der Waals surface area (Å²) in [4.78, 5) is 15.0. The second-order valence-electron chi connectivity index (χ2n) is 11.7. The maximum Gasteiger partial charge on any atom is 0.253 e. The number of aliphatic hydroxyl groups excluding tert-OH is 1. The van der Waals surface area contributed by atoms with Gasteiger partial charge < -0.3 is 25.6 Å². The molecule has 0 spiro atoms. The molecule has 36 heavy (non-hydrogen) atoms. The summed E-state index contributed by atoms with van der Waals surface area (Å²) in [6, 6.07) is 15.8. The van der Waals surface area contributed by atoms with Crippen LogP contribution in [0.3, 0.4) is 0 Å². The van der Waals surface area contributed by atoms with Crippen LogP contribution in [0.15, 0.2) is 48.5 Å². The van der Waals surface area contributed by atoms with Crippen LogP contribution in [0.2, 0.25) is 0 Å². The molecule has 0 unspecified atom stereocenters. The number of hydrogen-bond donors (Lipinski definition) is 3. The van der Waals surface area contributed by atoms with Crippen molar-refractivity contribution in [1.29, 1.82) is 0 Å². The summed E-state index contributed by atoms with van der Waals surface area (Å²) in [5.74, 6) is 1.79. The van der Waals surface area contributed by atoms with Crippen molar-refractivity contribution in [2.75, 3.05) is 19.7 Å². The molecule has 2 aromatic carbocycles. The highest BCUT2D eigenvalue weighted by molar-refractivity contribution is 5.94. The first-order valence-electron chi connectivity index (χ1n) is 13.4. The zero-order chi connectivity index (χ0) is 25.5. The van der Waals surface area contributed by atoms with Crippen molar-refractivity contribution in [1.82, 2.24) is 4.90 Å². The molecule has 4 N–H and O–H groups in total. The highest BCUT2D eigenvalue weighted by Gasteiger charge is 2.64. The third-order valence-corrected chi connectivity index (χ3v) is 9.47. The molecule has 6 heteroatoms. The van der Waals surface area contributed by atoms with Gasteiger partial charge in [0.1, 0.15) is 5.75 Å². The Morgan fingerprint density at radius 2 is 1.83 bits per heavy atom. The van der Waals surface area contributed by atoms with E-state index in [4.69, 9.17) is 10.5 Å². The van der Waals surface area contributed by atoms with E-state index in [0.29, 0.717) is 49.1 Å². The molecule has 1 saturated heterocycles. The van der Waals surface area contributed by atoms with Crippen LogP contribution < -0.4 is 10.5 Å². The highest BCUT2D eigenvalue weighted by Crippen LogP contribution is 2.63. The zero-order valence-electron chi connectivity index (χ0n) is 21.5. The monoisotopic (exact) mass is 492 g/mol. The molecule has 4 atom stereocenters. The summed E-state index contributed by atoms with van der Waals surface area (Å²) < 4.78 is 5.91. The fourth-order valence-corrected chi connectivity index (χ4v) is 6.91. The summed E-state index contributed by atoms with van der Waals surface area (Å²) in [6.45, 7) is 6.76. The van der Waals surface area contributed by atoms with Crippen molar-refractivity contribution in [3.8, 4) is 5.75 Å². The average Bonchev–Trinajstić information content (AvgIpc) is 2.90. The summed E-state index contributed by atoms with van der Waals surface area (Å²) >= 11 is 0. The summed E-state index contributed by atoms with van der Waals surface area (Å²) in [6.07, 6.45) is 3.26. The normalized spacial score (nSPS) is 29.5. The molecule has 1 aliphatic heterocycles. The van der Waals surface area contributed by atoms with Crippen LogP contribution in [0.4, 0.5) is 0 Å². The minimum atomic E-state index is -1.09. The molecular formula is C30H40N2O4. The molecule has 0 radical (unpaired) electrons. The minimum absolute atomic E-state index is 0.0529. The molecule has 2 aromatic rings. The number of amides is 1. The lowest BCUT2D eigenvalue weighted by Crippen LogP contribution is -2.68. The number of carbonyl (C=O) groups excluding carboxylic acids is 1. The molecule has 1 amide bonds. The SMILES string of the molecule is CC1(C)[C@@H]2C[C@@H](O)[C@](O)(CCOc3ccc(C(=O)N4CCC(c5cccc(CN)c5)CC4)cc3)[C@H]1C2. The molecule has 6 rings (SSSR count). The number of rotatable bonds is 7. The van der Waals surface area contributed by atoms with E-state index in [1.54, 1.807) is 0 Å². The second-order valence-corrected chi connectivity index (χ2v) is 11.7. The predicted octanol–water partition coefficient (Wildman–Crippen LogP) is 4.09. The molecule has 194 valence electrons. The molecule has 6 nitrogen and oxygen atoms in total. The predicted molar refractivity (Wildman–Crippen MR) is 140 cm³/mol. The van der Waals surface area contributed by atoms with E-state index in [1.807, 2.05) is 29.2 Å². The number of benzene rings is 2. The minimum Gasteiger partial charge on any atom is -0.493 e. The third-order valence-electron chi connectivity index (χ3n) is 9.47. The fraction of sp³-hybridized carbons (Fsp3) is 0.567. The Balaban J connectivity index is 1.12. The molecular weight excluding hydrogens is 452 g/mol. The third kappa shape index (κ3) is 4.55. The van der Waals surface area contributed by atoms with Crippen molar-refractivity contribution >= 4 is 5.91 Å². The van der Waals surface area contributed by atoms with E-state index in [2.05, 4.69) is 38.1 Å². The molecule has 4 aliphatic rings. The van der Waals surface area contributed by atoms with Crippen molar-refractivity contribution in [2.24, 2.45) is 23.0 Å². The Bertz CT molecular complexity index is 1080. The van der Waals surface area contributed by atoms with E-state index < -0.39 is 11.7 Å². The standard InChI is InChI=1S/C30H40N2O4/c1-29(2)24-17-26(29)30(35,27(33)18-24)12-15-36-25-8-6-22(7-9-25)28(34)32-13-10-21(11-14-32)23-5-3-4-20(16-23)19-31/h3-9,16,21,24,26-27,33,35H,10-15,17-19,31H2,1-2H3/t24-,26-,27+,30-/m0/s1. The Hall–Kier alpha value is -2.41. The average molecular weight is 493 g/mol. The van der Waals surface area contributed by atoms with Gasteiger partial charge in [-0.2, -0.15) is 0 Å². The number of nitrogens with zero attached hydrogens (tertiary/aromatic N) is 1. The number of nitrogens with two attached hydrogens (primary N) is 1. The van der Waals surface area contributed by atoms with Crippen molar-refractivity contribution in [3.05, 3.63) is 65.2 Å². The Morgan fingerprint density at radius 1 is 1.11 bits per heavy atom. The quantitative estimate of drug-likeness (QED) is 0.541. The van der Waals surface area contributed by atoms with Crippen LogP contribution >= 0.6 is 0 Å². The Kier molecular flexibility index (Phi) is 6.88. The van der Waals surface area contributed by atoms with Crippen LogP contribution in [0.25, 0.3) is 0 Å². The Morgan fingerprint density at radius 3 is 2.50 bits per heavy atom. The summed E-state index contributed by atoms with van der Waals surface area (Å²) in [5.41, 5.74) is 7.90. The van der Waals surface area contributed by atoms with Gasteiger partial charge >= 0.3 is 0 Å². The van der Waals surface area contributed by atoms with E-state index >= 15 is 0 Å². The first kappa shape index (κ1) is 25.2. The number of ether oxygens (including phenoxy) is 1.